The highest BCUT2D eigenvalue weighted by molar-refractivity contribution is 6.35. The molecule has 3 rings (SSSR count). The predicted octanol–water partition coefficient (Wildman–Crippen LogP) is 3.36. The quantitative estimate of drug-likeness (QED) is 0.852. The van der Waals surface area contributed by atoms with Gasteiger partial charge in [0, 0.05) is 37.1 Å². The number of ether oxygens (including phenoxy) is 1. The number of piperazine rings is 1. The second kappa shape index (κ2) is 9.25. The number of pyridine rings is 1. The van der Waals surface area contributed by atoms with Crippen molar-refractivity contribution in [3.8, 4) is 5.75 Å². The zero-order chi connectivity index (χ0) is 16.9. The zero-order valence-electron chi connectivity index (χ0n) is 13.3. The van der Waals surface area contributed by atoms with Crippen molar-refractivity contribution in [1.29, 1.82) is 0 Å². The summed E-state index contributed by atoms with van der Waals surface area (Å²) in [5, 5.41) is 4.22. The molecular formula is C17H18Cl3N3O2. The van der Waals surface area contributed by atoms with E-state index in [9.17, 15) is 4.79 Å². The molecule has 0 saturated carbocycles. The Morgan fingerprint density at radius 3 is 2.92 bits per heavy atom. The van der Waals surface area contributed by atoms with Gasteiger partial charge in [-0.05, 0) is 29.8 Å². The molecule has 1 aromatic heterocycles. The first-order valence-electron chi connectivity index (χ1n) is 7.63. The van der Waals surface area contributed by atoms with Gasteiger partial charge in [0.05, 0.1) is 11.1 Å². The molecule has 134 valence electrons. The van der Waals surface area contributed by atoms with Gasteiger partial charge in [0.25, 0.3) is 5.91 Å². The lowest BCUT2D eigenvalue weighted by Gasteiger charge is -2.36. The molecule has 8 heteroatoms. The summed E-state index contributed by atoms with van der Waals surface area (Å²) in [4.78, 5) is 18.6. The summed E-state index contributed by atoms with van der Waals surface area (Å²) in [6, 6.07) is 8.72. The molecule has 1 N–H and O–H groups in total. The monoisotopic (exact) mass is 401 g/mol. The molecule has 1 fully saturated rings. The van der Waals surface area contributed by atoms with Crippen LogP contribution in [0.1, 0.15) is 11.6 Å². The van der Waals surface area contributed by atoms with Crippen LogP contribution in [-0.4, -0.2) is 42.0 Å². The van der Waals surface area contributed by atoms with Crippen LogP contribution in [0, 0.1) is 0 Å². The van der Waals surface area contributed by atoms with Gasteiger partial charge in [0.1, 0.15) is 5.75 Å². The molecule has 5 nitrogen and oxygen atoms in total. The van der Waals surface area contributed by atoms with Gasteiger partial charge in [-0.25, -0.2) is 0 Å². The summed E-state index contributed by atoms with van der Waals surface area (Å²) in [5.41, 5.74) is 1.00. The SMILES string of the molecule is Cl.O=C(COc1ccc(Cl)cc1Cl)N1CCNCC1c1cccnc1. The maximum absolute atomic E-state index is 12.6. The summed E-state index contributed by atoms with van der Waals surface area (Å²) in [5.74, 6) is 0.360. The molecule has 25 heavy (non-hydrogen) atoms. The standard InChI is InChI=1S/C17H17Cl2N3O2.ClH/c18-13-3-4-16(14(19)8-13)24-11-17(23)22-7-6-21-10-15(22)12-2-1-5-20-9-12;/h1-5,8-9,15,21H,6-7,10-11H2;1H. The van der Waals surface area contributed by atoms with Crippen LogP contribution in [0.25, 0.3) is 0 Å². The van der Waals surface area contributed by atoms with Crippen LogP contribution in [0.5, 0.6) is 5.75 Å². The van der Waals surface area contributed by atoms with Crippen LogP contribution >= 0.6 is 35.6 Å². The maximum Gasteiger partial charge on any atom is 0.261 e. The van der Waals surface area contributed by atoms with Gasteiger partial charge in [0.2, 0.25) is 0 Å². The number of rotatable bonds is 4. The average Bonchev–Trinajstić information content (AvgIpc) is 2.61. The van der Waals surface area contributed by atoms with Crippen LogP contribution in [0.15, 0.2) is 42.7 Å². The number of nitrogens with zero attached hydrogens (tertiary/aromatic N) is 2. The molecule has 2 heterocycles. The molecule has 1 atom stereocenters. The fraction of sp³-hybridized carbons (Fsp3) is 0.294. The Hall–Kier alpha value is -1.53. The summed E-state index contributed by atoms with van der Waals surface area (Å²) in [6.45, 7) is 2.00. The lowest BCUT2D eigenvalue weighted by atomic mass is 10.1. The summed E-state index contributed by atoms with van der Waals surface area (Å²) >= 11 is 11.9. The first-order chi connectivity index (χ1) is 11.6. The van der Waals surface area contributed by atoms with Crippen molar-refractivity contribution in [2.24, 2.45) is 0 Å². The molecule has 0 bridgehead atoms. The number of carbonyl (C=O) groups excluding carboxylic acids is 1. The molecule has 0 spiro atoms. The molecule has 1 amide bonds. The lowest BCUT2D eigenvalue weighted by Crippen LogP contribution is -2.50. The number of halogens is 3. The Morgan fingerprint density at radius 1 is 1.36 bits per heavy atom. The third kappa shape index (κ3) is 4.98. The van der Waals surface area contributed by atoms with Crippen LogP contribution in [0.2, 0.25) is 10.0 Å². The Balaban J connectivity index is 0.00000225. The summed E-state index contributed by atoms with van der Waals surface area (Å²) in [7, 11) is 0. The van der Waals surface area contributed by atoms with E-state index in [1.165, 1.54) is 0 Å². The molecule has 0 aliphatic carbocycles. The van der Waals surface area contributed by atoms with Crippen molar-refractivity contribution in [2.75, 3.05) is 26.2 Å². The van der Waals surface area contributed by atoms with Crippen molar-refractivity contribution < 1.29 is 9.53 Å². The highest BCUT2D eigenvalue weighted by Crippen LogP contribution is 2.28. The van der Waals surface area contributed by atoms with Crippen LogP contribution in [0.4, 0.5) is 0 Å². The third-order valence-corrected chi connectivity index (χ3v) is 4.41. The first kappa shape index (κ1) is 19.8. The van der Waals surface area contributed by atoms with E-state index in [0.717, 1.165) is 12.1 Å². The highest BCUT2D eigenvalue weighted by atomic mass is 35.5. The van der Waals surface area contributed by atoms with E-state index in [0.29, 0.717) is 28.9 Å². The van der Waals surface area contributed by atoms with Gasteiger partial charge in [-0.3, -0.25) is 9.78 Å². The molecule has 1 aliphatic rings. The van der Waals surface area contributed by atoms with E-state index in [2.05, 4.69) is 10.3 Å². The minimum absolute atomic E-state index is 0. The number of carbonyl (C=O) groups is 1. The van der Waals surface area contributed by atoms with E-state index in [4.69, 9.17) is 27.9 Å². The van der Waals surface area contributed by atoms with E-state index in [1.807, 2.05) is 17.0 Å². The number of hydrogen-bond donors (Lipinski definition) is 1. The average molecular weight is 403 g/mol. The van der Waals surface area contributed by atoms with Gasteiger partial charge in [-0.15, -0.1) is 12.4 Å². The number of nitrogens with one attached hydrogen (secondary N) is 1. The topological polar surface area (TPSA) is 54.5 Å². The van der Waals surface area contributed by atoms with Crippen molar-refractivity contribution in [3.05, 3.63) is 58.3 Å². The molecule has 1 aliphatic heterocycles. The van der Waals surface area contributed by atoms with E-state index in [-0.39, 0.29) is 31.0 Å². The van der Waals surface area contributed by atoms with Crippen LogP contribution in [-0.2, 0) is 4.79 Å². The first-order valence-corrected chi connectivity index (χ1v) is 8.38. The Bertz CT molecular complexity index is 716. The van der Waals surface area contributed by atoms with Gasteiger partial charge < -0.3 is 15.0 Å². The van der Waals surface area contributed by atoms with Gasteiger partial charge in [0.15, 0.2) is 6.61 Å². The van der Waals surface area contributed by atoms with E-state index < -0.39 is 0 Å². The number of hydrogen-bond acceptors (Lipinski definition) is 4. The maximum atomic E-state index is 12.6. The van der Waals surface area contributed by atoms with Crippen LogP contribution in [0.3, 0.4) is 0 Å². The predicted molar refractivity (Wildman–Crippen MR) is 101 cm³/mol. The fourth-order valence-electron chi connectivity index (χ4n) is 2.69. The number of benzene rings is 1. The zero-order valence-corrected chi connectivity index (χ0v) is 15.7. The minimum atomic E-state index is -0.0867. The smallest absolute Gasteiger partial charge is 0.261 e. The van der Waals surface area contributed by atoms with Crippen molar-refractivity contribution in [3.63, 3.8) is 0 Å². The molecule has 1 aromatic carbocycles. The Morgan fingerprint density at radius 2 is 2.20 bits per heavy atom. The molecular weight excluding hydrogens is 385 g/mol. The van der Waals surface area contributed by atoms with E-state index in [1.54, 1.807) is 30.6 Å². The number of aromatic nitrogens is 1. The lowest BCUT2D eigenvalue weighted by molar-refractivity contribution is -0.136. The highest BCUT2D eigenvalue weighted by Gasteiger charge is 2.28. The summed E-state index contributed by atoms with van der Waals surface area (Å²) in [6.07, 6.45) is 3.51. The molecule has 1 unspecified atom stereocenters. The molecule has 1 saturated heterocycles. The molecule has 0 radical (unpaired) electrons. The van der Waals surface area contributed by atoms with E-state index >= 15 is 0 Å². The third-order valence-electron chi connectivity index (χ3n) is 3.88. The fourth-order valence-corrected chi connectivity index (χ4v) is 3.15. The van der Waals surface area contributed by atoms with Gasteiger partial charge >= 0.3 is 0 Å². The van der Waals surface area contributed by atoms with Gasteiger partial charge in [-0.1, -0.05) is 29.3 Å². The minimum Gasteiger partial charge on any atom is -0.482 e. The van der Waals surface area contributed by atoms with Crippen molar-refractivity contribution in [1.82, 2.24) is 15.2 Å². The van der Waals surface area contributed by atoms with Crippen molar-refractivity contribution in [2.45, 2.75) is 6.04 Å². The largest absolute Gasteiger partial charge is 0.482 e. The van der Waals surface area contributed by atoms with Crippen LogP contribution < -0.4 is 10.1 Å². The Kier molecular flexibility index (Phi) is 7.32. The normalized spacial score (nSPS) is 16.9. The number of amides is 1. The second-order valence-electron chi connectivity index (χ2n) is 5.46. The Labute approximate surface area is 162 Å². The van der Waals surface area contributed by atoms with Crippen molar-refractivity contribution >= 4 is 41.5 Å². The second-order valence-corrected chi connectivity index (χ2v) is 6.30. The summed E-state index contributed by atoms with van der Waals surface area (Å²) < 4.78 is 5.57. The van der Waals surface area contributed by atoms with Gasteiger partial charge in [-0.2, -0.15) is 0 Å². The molecule has 2 aromatic rings.